The predicted octanol–water partition coefficient (Wildman–Crippen LogP) is 4.93. The van der Waals surface area contributed by atoms with Gasteiger partial charge in [-0.05, 0) is 74.4 Å². The number of aliphatic hydroxyl groups is 1. The summed E-state index contributed by atoms with van der Waals surface area (Å²) in [5, 5.41) is 33.9. The number of carboxylic acids is 1. The summed E-state index contributed by atoms with van der Waals surface area (Å²) in [6.07, 6.45) is 4.57. The standard InChI is InChI=1S/C29H31N3O4/c1-4-29(35,32-28(2,3)17-19-14-20-8-5-6-9-21(20)15-19)36-25-16-22(11-12-23(25)18-30)26-24(27(33)34)10-7-13-31-26/h5-13,16,19,32,35H,4,14-15,17H2,1-3H3,(H,33,34). The van der Waals surface area contributed by atoms with Gasteiger partial charge in [0.05, 0.1) is 16.8 Å². The highest BCUT2D eigenvalue weighted by Gasteiger charge is 2.37. The summed E-state index contributed by atoms with van der Waals surface area (Å²) in [5.41, 5.74) is 3.30. The molecule has 0 spiro atoms. The topological polar surface area (TPSA) is 115 Å². The quantitative estimate of drug-likeness (QED) is 0.368. The Hall–Kier alpha value is -3.73. The molecule has 2 aromatic carbocycles. The summed E-state index contributed by atoms with van der Waals surface area (Å²) in [5.74, 6) is -2.24. The number of ether oxygens (including phenoxy) is 1. The van der Waals surface area contributed by atoms with Crippen molar-refractivity contribution in [2.45, 2.75) is 57.9 Å². The van der Waals surface area contributed by atoms with Crippen LogP contribution in [0.2, 0.25) is 0 Å². The molecule has 0 aliphatic heterocycles. The van der Waals surface area contributed by atoms with Crippen LogP contribution in [0, 0.1) is 17.2 Å². The molecule has 0 fully saturated rings. The van der Waals surface area contributed by atoms with Crippen LogP contribution in [-0.2, 0) is 12.8 Å². The van der Waals surface area contributed by atoms with Crippen LogP contribution < -0.4 is 10.1 Å². The van der Waals surface area contributed by atoms with Gasteiger partial charge in [0.2, 0.25) is 0 Å². The number of nitrogens with zero attached hydrogens (tertiary/aromatic N) is 2. The Kier molecular flexibility index (Phi) is 7.11. The number of pyridine rings is 1. The van der Waals surface area contributed by atoms with Gasteiger partial charge in [0.25, 0.3) is 5.91 Å². The van der Waals surface area contributed by atoms with Gasteiger partial charge in [-0.15, -0.1) is 0 Å². The van der Waals surface area contributed by atoms with Crippen molar-refractivity contribution in [2.75, 3.05) is 0 Å². The van der Waals surface area contributed by atoms with Gasteiger partial charge in [0.1, 0.15) is 11.8 Å². The lowest BCUT2D eigenvalue weighted by Crippen LogP contribution is -2.59. The number of nitriles is 1. The van der Waals surface area contributed by atoms with E-state index in [0.29, 0.717) is 11.5 Å². The molecule has 1 atom stereocenters. The Morgan fingerprint density at radius 1 is 1.17 bits per heavy atom. The maximum atomic E-state index is 11.7. The highest BCUT2D eigenvalue weighted by Crippen LogP contribution is 2.34. The molecule has 7 heteroatoms. The summed E-state index contributed by atoms with van der Waals surface area (Å²) in [7, 11) is 0. The summed E-state index contributed by atoms with van der Waals surface area (Å²) < 4.78 is 6.04. The first-order valence-corrected chi connectivity index (χ1v) is 12.1. The molecule has 0 saturated carbocycles. The number of fused-ring (bicyclic) bond motifs is 1. The molecule has 3 aromatic rings. The van der Waals surface area contributed by atoms with Crippen LogP contribution in [0.3, 0.4) is 0 Å². The fourth-order valence-corrected chi connectivity index (χ4v) is 5.12. The fraction of sp³-hybridized carbons (Fsp3) is 0.345. The highest BCUT2D eigenvalue weighted by atomic mass is 16.6. The van der Waals surface area contributed by atoms with Crippen LogP contribution in [0.4, 0.5) is 0 Å². The number of carbonyl (C=O) groups is 1. The number of rotatable bonds is 9. The van der Waals surface area contributed by atoms with Crippen LogP contribution in [-0.4, -0.2) is 32.6 Å². The van der Waals surface area contributed by atoms with E-state index in [0.717, 1.165) is 19.3 Å². The lowest BCUT2D eigenvalue weighted by Gasteiger charge is -2.39. The molecule has 0 radical (unpaired) electrons. The lowest BCUT2D eigenvalue weighted by molar-refractivity contribution is -0.180. The van der Waals surface area contributed by atoms with Gasteiger partial charge in [-0.25, -0.2) is 4.79 Å². The molecule has 0 amide bonds. The zero-order valence-electron chi connectivity index (χ0n) is 20.8. The average molecular weight is 486 g/mol. The highest BCUT2D eigenvalue weighted by molar-refractivity contribution is 5.94. The molecule has 0 saturated heterocycles. The Labute approximate surface area is 211 Å². The zero-order chi connectivity index (χ0) is 25.9. The molecule has 1 heterocycles. The number of hydrogen-bond donors (Lipinski definition) is 3. The van der Waals surface area contributed by atoms with Crippen molar-refractivity contribution in [3.8, 4) is 23.1 Å². The third kappa shape index (κ3) is 5.56. The van der Waals surface area contributed by atoms with Gasteiger partial charge >= 0.3 is 5.97 Å². The molecule has 186 valence electrons. The second kappa shape index (κ2) is 10.1. The Morgan fingerprint density at radius 3 is 2.47 bits per heavy atom. The van der Waals surface area contributed by atoms with Crippen molar-refractivity contribution in [2.24, 2.45) is 5.92 Å². The predicted molar refractivity (Wildman–Crippen MR) is 136 cm³/mol. The minimum absolute atomic E-state index is 0.0377. The molecule has 1 aromatic heterocycles. The second-order valence-corrected chi connectivity index (χ2v) is 10.0. The molecular formula is C29H31N3O4. The molecule has 36 heavy (non-hydrogen) atoms. The maximum absolute atomic E-state index is 11.7. The zero-order valence-corrected chi connectivity index (χ0v) is 20.8. The van der Waals surface area contributed by atoms with E-state index in [1.165, 1.54) is 23.4 Å². The van der Waals surface area contributed by atoms with E-state index in [1.807, 2.05) is 13.8 Å². The van der Waals surface area contributed by atoms with Crippen LogP contribution >= 0.6 is 0 Å². The van der Waals surface area contributed by atoms with E-state index in [4.69, 9.17) is 4.74 Å². The molecule has 3 N–H and O–H groups in total. The van der Waals surface area contributed by atoms with E-state index < -0.39 is 17.4 Å². The molecule has 4 rings (SSSR count). The molecule has 1 aliphatic carbocycles. The summed E-state index contributed by atoms with van der Waals surface area (Å²) in [6.45, 7) is 5.87. The van der Waals surface area contributed by atoms with E-state index in [-0.39, 0.29) is 29.0 Å². The third-order valence-electron chi connectivity index (χ3n) is 6.64. The molecule has 0 bridgehead atoms. The normalized spacial score (nSPS) is 15.1. The second-order valence-electron chi connectivity index (χ2n) is 10.0. The number of nitrogens with one attached hydrogen (secondary N) is 1. The number of benzene rings is 2. The summed E-state index contributed by atoms with van der Waals surface area (Å²) >= 11 is 0. The van der Waals surface area contributed by atoms with Crippen molar-refractivity contribution in [3.05, 3.63) is 83.0 Å². The number of hydrogen-bond acceptors (Lipinski definition) is 6. The van der Waals surface area contributed by atoms with Crippen molar-refractivity contribution in [1.29, 1.82) is 5.26 Å². The minimum Gasteiger partial charge on any atom is -0.478 e. The van der Waals surface area contributed by atoms with Crippen molar-refractivity contribution < 1.29 is 19.7 Å². The maximum Gasteiger partial charge on any atom is 0.337 e. The average Bonchev–Trinajstić information content (AvgIpc) is 3.25. The van der Waals surface area contributed by atoms with Crippen LogP contribution in [0.5, 0.6) is 5.75 Å². The van der Waals surface area contributed by atoms with Crippen molar-refractivity contribution in [1.82, 2.24) is 10.3 Å². The number of aromatic carboxylic acids is 1. The van der Waals surface area contributed by atoms with E-state index in [9.17, 15) is 20.3 Å². The number of carboxylic acid groups (broad SMARTS) is 1. The monoisotopic (exact) mass is 485 g/mol. The molecule has 7 nitrogen and oxygen atoms in total. The lowest BCUT2D eigenvalue weighted by atomic mass is 9.88. The molecule has 1 aliphatic rings. The third-order valence-corrected chi connectivity index (χ3v) is 6.64. The summed E-state index contributed by atoms with van der Waals surface area (Å²) in [4.78, 5) is 15.9. The smallest absolute Gasteiger partial charge is 0.337 e. The Balaban J connectivity index is 1.56. The van der Waals surface area contributed by atoms with Crippen LogP contribution in [0.25, 0.3) is 11.3 Å². The SMILES string of the molecule is CCC(O)(NC(C)(C)CC1Cc2ccccc2C1)Oc1cc(-c2ncccc2C(=O)O)ccc1C#N. The van der Waals surface area contributed by atoms with Crippen LogP contribution in [0.15, 0.2) is 60.8 Å². The first-order valence-electron chi connectivity index (χ1n) is 12.1. The minimum atomic E-state index is -1.74. The first-order chi connectivity index (χ1) is 17.1. The Bertz CT molecular complexity index is 1290. The van der Waals surface area contributed by atoms with Gasteiger partial charge in [0, 0.05) is 23.7 Å². The molecule has 1 unspecified atom stereocenters. The van der Waals surface area contributed by atoms with Crippen molar-refractivity contribution in [3.63, 3.8) is 0 Å². The van der Waals surface area contributed by atoms with Gasteiger partial charge in [-0.2, -0.15) is 5.26 Å². The van der Waals surface area contributed by atoms with E-state index in [2.05, 4.69) is 40.6 Å². The van der Waals surface area contributed by atoms with Gasteiger partial charge in [-0.3, -0.25) is 10.3 Å². The van der Waals surface area contributed by atoms with Crippen molar-refractivity contribution >= 4 is 5.97 Å². The number of aromatic nitrogens is 1. The van der Waals surface area contributed by atoms with Gasteiger partial charge in [0.15, 0.2) is 0 Å². The van der Waals surface area contributed by atoms with E-state index in [1.54, 1.807) is 31.2 Å². The molecular weight excluding hydrogens is 454 g/mol. The fourth-order valence-electron chi connectivity index (χ4n) is 5.12. The largest absolute Gasteiger partial charge is 0.478 e. The van der Waals surface area contributed by atoms with Gasteiger partial charge < -0.3 is 14.9 Å². The first kappa shape index (κ1) is 25.4. The summed E-state index contributed by atoms with van der Waals surface area (Å²) in [6, 6.07) is 18.3. The van der Waals surface area contributed by atoms with Gasteiger partial charge in [-0.1, -0.05) is 37.3 Å². The van der Waals surface area contributed by atoms with E-state index >= 15 is 0 Å². The Morgan fingerprint density at radius 2 is 1.86 bits per heavy atom. The van der Waals surface area contributed by atoms with Crippen LogP contribution in [0.1, 0.15) is 60.7 Å².